The van der Waals surface area contributed by atoms with E-state index in [-0.39, 0.29) is 21.0 Å². The molecule has 5 nitrogen and oxygen atoms in total. The molecule has 0 spiro atoms. The Kier molecular flexibility index (Phi) is 6.55. The molecular weight excluding hydrogens is 401 g/mol. The Morgan fingerprint density at radius 2 is 1.78 bits per heavy atom. The highest BCUT2D eigenvalue weighted by Gasteiger charge is 2.28. The minimum atomic E-state index is -4.34. The summed E-state index contributed by atoms with van der Waals surface area (Å²) < 4.78 is 62.7. The van der Waals surface area contributed by atoms with Gasteiger partial charge >= 0.3 is 6.18 Å². The molecule has 10 heteroatoms. The molecule has 27 heavy (non-hydrogen) atoms. The number of halogens is 3. The lowest BCUT2D eigenvalue weighted by Crippen LogP contribution is -2.22. The molecule has 0 aliphatic heterocycles. The van der Waals surface area contributed by atoms with E-state index in [2.05, 4.69) is 5.32 Å². The fourth-order valence-corrected chi connectivity index (χ4v) is 3.78. The Balaban J connectivity index is 2.24. The zero-order chi connectivity index (χ0) is 20.2. The molecule has 2 aromatic rings. The monoisotopic (exact) mass is 418 g/mol. The van der Waals surface area contributed by atoms with E-state index >= 15 is 0 Å². The van der Waals surface area contributed by atoms with Crippen LogP contribution in [0.3, 0.4) is 0 Å². The van der Waals surface area contributed by atoms with Crippen molar-refractivity contribution < 1.29 is 26.4 Å². The third kappa shape index (κ3) is 5.72. The smallest absolute Gasteiger partial charge is 0.321 e. The summed E-state index contributed by atoms with van der Waals surface area (Å²) in [5.41, 5.74) is 0.297. The fraction of sp³-hybridized carbons (Fsp3) is 0.235. The van der Waals surface area contributed by atoms with Crippen LogP contribution in [0.5, 0.6) is 0 Å². The van der Waals surface area contributed by atoms with Crippen LogP contribution >= 0.6 is 11.8 Å². The lowest BCUT2D eigenvalue weighted by atomic mass is 10.2. The molecule has 0 saturated heterocycles. The first-order chi connectivity index (χ1) is 12.5. The van der Waals surface area contributed by atoms with Gasteiger partial charge in [0.1, 0.15) is 0 Å². The van der Waals surface area contributed by atoms with E-state index in [1.165, 1.54) is 50.5 Å². The Morgan fingerprint density at radius 3 is 2.41 bits per heavy atom. The summed E-state index contributed by atoms with van der Waals surface area (Å²) in [4.78, 5) is 12.7. The number of amides is 1. The largest absolute Gasteiger partial charge is 0.398 e. The Morgan fingerprint density at radius 1 is 1.11 bits per heavy atom. The molecule has 0 heterocycles. The maximum Gasteiger partial charge on any atom is 0.398 e. The van der Waals surface area contributed by atoms with Crippen molar-refractivity contribution in [2.75, 3.05) is 25.2 Å². The predicted molar refractivity (Wildman–Crippen MR) is 98.5 cm³/mol. The van der Waals surface area contributed by atoms with Crippen molar-refractivity contribution in [3.63, 3.8) is 0 Å². The first-order valence-corrected chi connectivity index (χ1v) is 10.1. The Hall–Kier alpha value is -2.04. The molecule has 2 rings (SSSR count). The standard InChI is InChI=1S/C17H17F3N2O3S2/c1-22(2)27(24,25)13-7-5-6-12(10-13)16(23)21-14-8-3-4-9-15(14)26-11-17(18,19)20/h3-10H,11H2,1-2H3,(H,21,23). The quantitative estimate of drug-likeness (QED) is 0.724. The van der Waals surface area contributed by atoms with Gasteiger partial charge in [0, 0.05) is 24.6 Å². The second kappa shape index (κ2) is 8.32. The van der Waals surface area contributed by atoms with Crippen LogP contribution in [0.2, 0.25) is 0 Å². The molecule has 0 aliphatic carbocycles. The molecule has 1 N–H and O–H groups in total. The number of hydrogen-bond acceptors (Lipinski definition) is 4. The number of thioether (sulfide) groups is 1. The highest BCUT2D eigenvalue weighted by atomic mass is 32.2. The number of nitrogens with zero attached hydrogens (tertiary/aromatic N) is 1. The molecule has 146 valence electrons. The average molecular weight is 418 g/mol. The molecular formula is C17H17F3N2O3S2. The summed E-state index contributed by atoms with van der Waals surface area (Å²) in [6.07, 6.45) is -4.34. The number of anilines is 1. The minimum absolute atomic E-state index is 0.0557. The third-order valence-corrected chi connectivity index (χ3v) is 6.35. The van der Waals surface area contributed by atoms with E-state index in [1.807, 2.05) is 0 Å². The van der Waals surface area contributed by atoms with Crippen molar-refractivity contribution in [1.82, 2.24) is 4.31 Å². The van der Waals surface area contributed by atoms with E-state index in [4.69, 9.17) is 0 Å². The summed E-state index contributed by atoms with van der Waals surface area (Å²) in [7, 11) is -0.972. The molecule has 1 amide bonds. The van der Waals surface area contributed by atoms with Crippen LogP contribution in [0.15, 0.2) is 58.3 Å². The number of rotatable bonds is 6. The highest BCUT2D eigenvalue weighted by Crippen LogP contribution is 2.32. The van der Waals surface area contributed by atoms with E-state index < -0.39 is 27.9 Å². The molecule has 0 aromatic heterocycles. The van der Waals surface area contributed by atoms with Gasteiger partial charge in [0.05, 0.1) is 16.3 Å². The van der Waals surface area contributed by atoms with Gasteiger partial charge in [-0.05, 0) is 30.3 Å². The van der Waals surface area contributed by atoms with E-state index in [0.29, 0.717) is 11.8 Å². The van der Waals surface area contributed by atoms with Gasteiger partial charge in [-0.2, -0.15) is 13.2 Å². The molecule has 0 aliphatic rings. The second-order valence-corrected chi connectivity index (χ2v) is 8.84. The second-order valence-electron chi connectivity index (χ2n) is 5.67. The number of para-hydroxylation sites is 1. The van der Waals surface area contributed by atoms with Crippen LogP contribution < -0.4 is 5.32 Å². The van der Waals surface area contributed by atoms with Gasteiger partial charge in [-0.1, -0.05) is 18.2 Å². The summed E-state index contributed by atoms with van der Waals surface area (Å²) >= 11 is 0.560. The summed E-state index contributed by atoms with van der Waals surface area (Å²) in [5.74, 6) is -1.71. The van der Waals surface area contributed by atoms with Gasteiger partial charge < -0.3 is 5.32 Å². The normalized spacial score (nSPS) is 12.2. The van der Waals surface area contributed by atoms with Crippen molar-refractivity contribution in [3.8, 4) is 0 Å². The zero-order valence-corrected chi connectivity index (χ0v) is 16.1. The van der Waals surface area contributed by atoms with Crippen LogP contribution in [0.1, 0.15) is 10.4 Å². The van der Waals surface area contributed by atoms with E-state index in [1.54, 1.807) is 12.1 Å². The van der Waals surface area contributed by atoms with Crippen molar-refractivity contribution in [3.05, 3.63) is 54.1 Å². The zero-order valence-electron chi connectivity index (χ0n) is 14.4. The molecule has 0 atom stereocenters. The van der Waals surface area contributed by atoms with Crippen LogP contribution in [0.4, 0.5) is 18.9 Å². The van der Waals surface area contributed by atoms with Crippen LogP contribution in [-0.2, 0) is 10.0 Å². The molecule has 0 unspecified atom stereocenters. The third-order valence-electron chi connectivity index (χ3n) is 3.40. The number of hydrogen-bond donors (Lipinski definition) is 1. The van der Waals surface area contributed by atoms with Crippen LogP contribution in [-0.4, -0.2) is 44.7 Å². The molecule has 0 radical (unpaired) electrons. The summed E-state index contributed by atoms with van der Waals surface area (Å²) in [6.45, 7) is 0. The maximum absolute atomic E-state index is 12.5. The van der Waals surface area contributed by atoms with Crippen molar-refractivity contribution in [2.45, 2.75) is 16.0 Å². The SMILES string of the molecule is CN(C)S(=O)(=O)c1cccc(C(=O)Nc2ccccc2SCC(F)(F)F)c1. The van der Waals surface area contributed by atoms with Crippen molar-refractivity contribution in [1.29, 1.82) is 0 Å². The van der Waals surface area contributed by atoms with Gasteiger partial charge in [-0.3, -0.25) is 4.79 Å². The van der Waals surface area contributed by atoms with Crippen molar-refractivity contribution >= 4 is 33.4 Å². The number of alkyl halides is 3. The van der Waals surface area contributed by atoms with E-state index in [9.17, 15) is 26.4 Å². The summed E-state index contributed by atoms with van der Waals surface area (Å²) in [5, 5.41) is 2.54. The number of nitrogens with one attached hydrogen (secondary N) is 1. The Bertz CT molecular complexity index is 929. The lowest BCUT2D eigenvalue weighted by Gasteiger charge is -2.14. The predicted octanol–water partition coefficient (Wildman–Crippen LogP) is 3.84. The van der Waals surface area contributed by atoms with Crippen LogP contribution in [0.25, 0.3) is 0 Å². The first-order valence-electron chi connectivity index (χ1n) is 7.63. The van der Waals surface area contributed by atoms with Gasteiger partial charge in [0.25, 0.3) is 5.91 Å². The maximum atomic E-state index is 12.5. The van der Waals surface area contributed by atoms with Gasteiger partial charge in [-0.15, -0.1) is 11.8 Å². The van der Waals surface area contributed by atoms with E-state index in [0.717, 1.165) is 4.31 Å². The molecule has 0 fully saturated rings. The number of carbonyl (C=O) groups excluding carboxylic acids is 1. The number of carbonyl (C=O) groups is 1. The number of sulfonamides is 1. The fourth-order valence-electron chi connectivity index (χ4n) is 2.06. The highest BCUT2D eigenvalue weighted by molar-refractivity contribution is 7.99. The van der Waals surface area contributed by atoms with Crippen LogP contribution in [0, 0.1) is 0 Å². The average Bonchev–Trinajstić information content (AvgIpc) is 2.60. The van der Waals surface area contributed by atoms with Gasteiger partial charge in [0.15, 0.2) is 0 Å². The molecule has 0 bridgehead atoms. The van der Waals surface area contributed by atoms with Crippen molar-refractivity contribution in [2.24, 2.45) is 0 Å². The Labute approximate surface area is 159 Å². The summed E-state index contributed by atoms with van der Waals surface area (Å²) in [6, 6.07) is 11.5. The first kappa shape index (κ1) is 21.3. The van der Waals surface area contributed by atoms with Gasteiger partial charge in [-0.25, -0.2) is 12.7 Å². The lowest BCUT2D eigenvalue weighted by molar-refractivity contribution is -0.105. The minimum Gasteiger partial charge on any atom is -0.321 e. The van der Waals surface area contributed by atoms with Gasteiger partial charge in [0.2, 0.25) is 10.0 Å². The molecule has 0 saturated carbocycles. The number of benzene rings is 2. The molecule has 2 aromatic carbocycles. The topological polar surface area (TPSA) is 66.5 Å².